The van der Waals surface area contributed by atoms with Crippen molar-refractivity contribution in [3.8, 4) is 0 Å². The summed E-state index contributed by atoms with van der Waals surface area (Å²) in [7, 11) is 4.19. The summed E-state index contributed by atoms with van der Waals surface area (Å²) < 4.78 is 0. The fraction of sp³-hybridized carbons (Fsp3) is 0.938. The molecule has 0 bridgehead atoms. The minimum absolute atomic E-state index is 0.259. The number of rotatable bonds is 3. The van der Waals surface area contributed by atoms with E-state index in [-0.39, 0.29) is 5.92 Å². The van der Waals surface area contributed by atoms with Gasteiger partial charge in [0.25, 0.3) is 0 Å². The van der Waals surface area contributed by atoms with Gasteiger partial charge in [-0.3, -0.25) is 4.79 Å². The molecule has 0 aliphatic carbocycles. The molecule has 0 aromatic heterocycles. The average molecular weight is 281 g/mol. The fourth-order valence-corrected chi connectivity index (χ4v) is 3.51. The lowest BCUT2D eigenvalue weighted by Crippen LogP contribution is -2.49. The van der Waals surface area contributed by atoms with Crippen molar-refractivity contribution < 1.29 is 4.79 Å². The Labute approximate surface area is 124 Å². The molecule has 4 heteroatoms. The highest BCUT2D eigenvalue weighted by atomic mass is 16.2. The molecule has 0 saturated carbocycles. The summed E-state index contributed by atoms with van der Waals surface area (Å²) in [5, 5.41) is 0. The Bertz CT molecular complexity index is 316. The normalized spacial score (nSPS) is 24.2. The smallest absolute Gasteiger partial charge is 0.225 e. The molecule has 2 aliphatic rings. The minimum atomic E-state index is 0.259. The molecule has 0 N–H and O–H groups in total. The van der Waals surface area contributed by atoms with Crippen LogP contribution in [0, 0.1) is 5.92 Å². The molecule has 0 aromatic rings. The molecular formula is C16H31N3O. The number of likely N-dealkylation sites (tertiary alicyclic amines) is 2. The number of amides is 1. The van der Waals surface area contributed by atoms with Gasteiger partial charge in [-0.25, -0.2) is 0 Å². The second-order valence-corrected chi connectivity index (χ2v) is 6.89. The van der Waals surface area contributed by atoms with Crippen molar-refractivity contribution in [3.05, 3.63) is 0 Å². The summed E-state index contributed by atoms with van der Waals surface area (Å²) in [4.78, 5) is 19.5. The topological polar surface area (TPSA) is 26.8 Å². The first kappa shape index (κ1) is 15.8. The zero-order valence-electron chi connectivity index (χ0n) is 13.6. The van der Waals surface area contributed by atoms with Gasteiger partial charge in [-0.1, -0.05) is 0 Å². The highest BCUT2D eigenvalue weighted by molar-refractivity contribution is 5.79. The maximum Gasteiger partial charge on any atom is 0.225 e. The Morgan fingerprint density at radius 3 is 2.10 bits per heavy atom. The van der Waals surface area contributed by atoms with Crippen LogP contribution in [0.3, 0.4) is 0 Å². The third kappa shape index (κ3) is 3.73. The number of hydrogen-bond acceptors (Lipinski definition) is 3. The molecule has 0 spiro atoms. The third-order valence-corrected chi connectivity index (χ3v) is 5.19. The van der Waals surface area contributed by atoms with Crippen molar-refractivity contribution in [2.45, 2.75) is 51.6 Å². The van der Waals surface area contributed by atoms with Crippen molar-refractivity contribution in [2.24, 2.45) is 5.92 Å². The Morgan fingerprint density at radius 2 is 1.60 bits per heavy atom. The minimum Gasteiger partial charge on any atom is -0.342 e. The zero-order chi connectivity index (χ0) is 14.7. The third-order valence-electron chi connectivity index (χ3n) is 5.19. The van der Waals surface area contributed by atoms with Gasteiger partial charge in [-0.2, -0.15) is 0 Å². The van der Waals surface area contributed by atoms with Crippen LogP contribution in [0.5, 0.6) is 0 Å². The van der Waals surface area contributed by atoms with E-state index < -0.39 is 0 Å². The van der Waals surface area contributed by atoms with E-state index in [4.69, 9.17) is 0 Å². The fourth-order valence-electron chi connectivity index (χ4n) is 3.51. The van der Waals surface area contributed by atoms with E-state index >= 15 is 0 Å². The highest BCUT2D eigenvalue weighted by Gasteiger charge is 2.31. The Morgan fingerprint density at radius 1 is 1.05 bits per heavy atom. The van der Waals surface area contributed by atoms with Crippen molar-refractivity contribution >= 4 is 5.91 Å². The van der Waals surface area contributed by atoms with Crippen LogP contribution in [0.25, 0.3) is 0 Å². The SMILES string of the molecule is CC(C)N1CCC(C(=O)N(C)C2CCN(C)CC2)CC1. The molecule has 4 nitrogen and oxygen atoms in total. The molecule has 2 saturated heterocycles. The van der Waals surface area contributed by atoms with Gasteiger partial charge in [-0.05, 0) is 72.8 Å². The Balaban J connectivity index is 1.82. The monoisotopic (exact) mass is 281 g/mol. The lowest BCUT2D eigenvalue weighted by atomic mass is 9.93. The summed E-state index contributed by atoms with van der Waals surface area (Å²) in [5.41, 5.74) is 0. The van der Waals surface area contributed by atoms with E-state index in [1.165, 1.54) is 0 Å². The lowest BCUT2D eigenvalue weighted by Gasteiger charge is -2.39. The molecule has 2 heterocycles. The van der Waals surface area contributed by atoms with E-state index in [0.29, 0.717) is 18.0 Å². The Hall–Kier alpha value is -0.610. The van der Waals surface area contributed by atoms with Crippen LogP contribution >= 0.6 is 0 Å². The summed E-state index contributed by atoms with van der Waals surface area (Å²) in [6.07, 6.45) is 4.33. The van der Waals surface area contributed by atoms with E-state index in [1.54, 1.807) is 0 Å². The van der Waals surface area contributed by atoms with E-state index in [0.717, 1.165) is 51.9 Å². The Kier molecular flexibility index (Phi) is 5.44. The van der Waals surface area contributed by atoms with Crippen molar-refractivity contribution in [1.82, 2.24) is 14.7 Å². The first-order chi connectivity index (χ1) is 9.49. The van der Waals surface area contributed by atoms with Gasteiger partial charge in [0.05, 0.1) is 0 Å². The second-order valence-electron chi connectivity index (χ2n) is 6.89. The van der Waals surface area contributed by atoms with Gasteiger partial charge in [0.1, 0.15) is 0 Å². The first-order valence-corrected chi connectivity index (χ1v) is 8.18. The number of hydrogen-bond donors (Lipinski definition) is 0. The van der Waals surface area contributed by atoms with Crippen LogP contribution < -0.4 is 0 Å². The van der Waals surface area contributed by atoms with Crippen LogP contribution in [-0.4, -0.2) is 73.0 Å². The van der Waals surface area contributed by atoms with Crippen molar-refractivity contribution in [1.29, 1.82) is 0 Å². The molecule has 1 amide bonds. The predicted molar refractivity (Wildman–Crippen MR) is 82.7 cm³/mol. The predicted octanol–water partition coefficient (Wildman–Crippen LogP) is 1.66. The van der Waals surface area contributed by atoms with Crippen molar-refractivity contribution in [2.75, 3.05) is 40.3 Å². The average Bonchev–Trinajstić information content (AvgIpc) is 2.46. The van der Waals surface area contributed by atoms with Gasteiger partial charge in [-0.15, -0.1) is 0 Å². The van der Waals surface area contributed by atoms with E-state index in [1.807, 2.05) is 7.05 Å². The number of piperidine rings is 2. The zero-order valence-corrected chi connectivity index (χ0v) is 13.6. The summed E-state index contributed by atoms with van der Waals surface area (Å²) in [5.74, 6) is 0.651. The quantitative estimate of drug-likeness (QED) is 0.787. The molecule has 2 fully saturated rings. The molecule has 2 aliphatic heterocycles. The number of carbonyl (C=O) groups excluding carboxylic acids is 1. The van der Waals surface area contributed by atoms with Crippen LogP contribution in [0.4, 0.5) is 0 Å². The molecular weight excluding hydrogens is 250 g/mol. The van der Waals surface area contributed by atoms with Crippen LogP contribution in [0.1, 0.15) is 39.5 Å². The molecule has 2 rings (SSSR count). The van der Waals surface area contributed by atoms with Gasteiger partial charge < -0.3 is 14.7 Å². The van der Waals surface area contributed by atoms with Gasteiger partial charge in [0.2, 0.25) is 5.91 Å². The standard InChI is InChI=1S/C16H31N3O/c1-13(2)19-11-5-14(6-12-19)16(20)18(4)15-7-9-17(3)10-8-15/h13-15H,5-12H2,1-4H3. The molecule has 0 radical (unpaired) electrons. The number of nitrogens with zero attached hydrogens (tertiary/aromatic N) is 3. The maximum atomic E-state index is 12.6. The van der Waals surface area contributed by atoms with Gasteiger partial charge in [0.15, 0.2) is 0 Å². The lowest BCUT2D eigenvalue weighted by molar-refractivity contribution is -0.138. The van der Waals surface area contributed by atoms with Crippen molar-refractivity contribution in [3.63, 3.8) is 0 Å². The highest BCUT2D eigenvalue weighted by Crippen LogP contribution is 2.23. The largest absolute Gasteiger partial charge is 0.342 e. The van der Waals surface area contributed by atoms with Crippen LogP contribution in [-0.2, 0) is 4.79 Å². The maximum absolute atomic E-state index is 12.6. The second kappa shape index (κ2) is 6.90. The molecule has 0 atom stereocenters. The first-order valence-electron chi connectivity index (χ1n) is 8.18. The van der Waals surface area contributed by atoms with Crippen LogP contribution in [0.2, 0.25) is 0 Å². The van der Waals surface area contributed by atoms with Gasteiger partial charge in [0, 0.05) is 25.0 Å². The van der Waals surface area contributed by atoms with E-state index in [2.05, 4.69) is 35.6 Å². The molecule has 0 aromatic carbocycles. The van der Waals surface area contributed by atoms with E-state index in [9.17, 15) is 4.79 Å². The summed E-state index contributed by atoms with van der Waals surface area (Å²) in [6, 6.07) is 1.07. The van der Waals surface area contributed by atoms with Crippen LogP contribution in [0.15, 0.2) is 0 Å². The van der Waals surface area contributed by atoms with Gasteiger partial charge >= 0.3 is 0 Å². The molecule has 20 heavy (non-hydrogen) atoms. The molecule has 116 valence electrons. The summed E-state index contributed by atoms with van der Waals surface area (Å²) in [6.45, 7) is 8.88. The summed E-state index contributed by atoms with van der Waals surface area (Å²) >= 11 is 0. The number of carbonyl (C=O) groups is 1. The molecule has 0 unspecified atom stereocenters.